The highest BCUT2D eigenvalue weighted by molar-refractivity contribution is 6.63. The molecule has 0 aliphatic rings. The molecule has 0 bridgehead atoms. The first-order valence-electron chi connectivity index (χ1n) is 5.68. The van der Waals surface area contributed by atoms with Crippen LogP contribution in [-0.4, -0.2) is 18.2 Å². The summed E-state index contributed by atoms with van der Waals surface area (Å²) in [6, 6.07) is 20.0. The summed E-state index contributed by atoms with van der Waals surface area (Å²) in [7, 11) is -3.18. The number of rotatable bonds is 4. The summed E-state index contributed by atoms with van der Waals surface area (Å²) in [5.41, 5.74) is 1.97. The van der Waals surface area contributed by atoms with Gasteiger partial charge in [0.2, 0.25) is 0 Å². The van der Waals surface area contributed by atoms with Crippen molar-refractivity contribution < 1.29 is 9.59 Å². The van der Waals surface area contributed by atoms with Crippen LogP contribution in [0.15, 0.2) is 60.7 Å². The minimum atomic E-state index is -3.18. The van der Waals surface area contributed by atoms with Gasteiger partial charge in [0.25, 0.3) is 0 Å². The molecule has 0 fully saturated rings. The molecule has 3 heteroatoms. The summed E-state index contributed by atoms with van der Waals surface area (Å²) in [6.07, 6.45) is 0. The molecule has 0 amide bonds. The van der Waals surface area contributed by atoms with Gasteiger partial charge in [-0.25, -0.2) is 0 Å². The van der Waals surface area contributed by atoms with Crippen molar-refractivity contribution in [3.05, 3.63) is 71.8 Å². The maximum Gasteiger partial charge on any atom is 0.341 e. The molecule has 2 aromatic carbocycles. The van der Waals surface area contributed by atoms with E-state index in [9.17, 15) is 9.59 Å². The fourth-order valence-electron chi connectivity index (χ4n) is 1.91. The summed E-state index contributed by atoms with van der Waals surface area (Å²) < 4.78 is 0. The van der Waals surface area contributed by atoms with E-state index in [-0.39, 0.29) is 0 Å². The number of hydrogen-bond donors (Lipinski definition) is 2. The first kappa shape index (κ1) is 12.0. The van der Waals surface area contributed by atoms with Crippen molar-refractivity contribution in [2.45, 2.75) is 12.1 Å². The van der Waals surface area contributed by atoms with E-state index in [4.69, 9.17) is 0 Å². The Morgan fingerprint density at radius 1 is 0.647 bits per heavy atom. The van der Waals surface area contributed by atoms with Crippen LogP contribution in [0.25, 0.3) is 0 Å². The molecule has 0 aromatic heterocycles. The number of benzene rings is 2. The van der Waals surface area contributed by atoms with Crippen LogP contribution < -0.4 is 0 Å². The molecule has 0 radical (unpaired) electrons. The maximum atomic E-state index is 10.1. The van der Waals surface area contributed by atoms with E-state index in [1.165, 1.54) is 0 Å². The minimum Gasteiger partial charge on any atom is -0.410 e. The van der Waals surface area contributed by atoms with Gasteiger partial charge in [-0.05, 0) is 11.1 Å². The van der Waals surface area contributed by atoms with Crippen LogP contribution in [0.5, 0.6) is 0 Å². The molecule has 2 aromatic rings. The van der Waals surface area contributed by atoms with Gasteiger partial charge in [0.05, 0.1) is 0 Å². The zero-order valence-electron chi connectivity index (χ0n) is 9.58. The summed E-state index contributed by atoms with van der Waals surface area (Å²) in [4.78, 5) is 20.2. The van der Waals surface area contributed by atoms with Crippen molar-refractivity contribution in [1.29, 1.82) is 0 Å². The van der Waals surface area contributed by atoms with Gasteiger partial charge in [0.1, 0.15) is 0 Å². The van der Waals surface area contributed by atoms with Gasteiger partial charge in [-0.15, -0.1) is 0 Å². The van der Waals surface area contributed by atoms with Gasteiger partial charge in [-0.2, -0.15) is 0 Å². The molecule has 0 atom stereocenters. The Morgan fingerprint density at radius 2 is 1.00 bits per heavy atom. The largest absolute Gasteiger partial charge is 0.410 e. The Bertz CT molecular complexity index is 411. The molecule has 2 rings (SSSR count). The lowest BCUT2D eigenvalue weighted by atomic mass is 10.2. The Kier molecular flexibility index (Phi) is 3.74. The van der Waals surface area contributed by atoms with E-state index >= 15 is 0 Å². The van der Waals surface area contributed by atoms with Gasteiger partial charge in [-0.1, -0.05) is 60.7 Å². The van der Waals surface area contributed by atoms with Gasteiger partial charge in [-0.3, -0.25) is 0 Å². The van der Waals surface area contributed by atoms with Gasteiger partial charge in [0, 0.05) is 12.1 Å². The Morgan fingerprint density at radius 3 is 1.35 bits per heavy atom. The van der Waals surface area contributed by atoms with Gasteiger partial charge >= 0.3 is 8.56 Å². The highest BCUT2D eigenvalue weighted by Gasteiger charge is 2.29. The van der Waals surface area contributed by atoms with Crippen molar-refractivity contribution in [2.75, 3.05) is 0 Å². The predicted octanol–water partition coefficient (Wildman–Crippen LogP) is 1.98. The lowest BCUT2D eigenvalue weighted by molar-refractivity contribution is 0.356. The van der Waals surface area contributed by atoms with Crippen LogP contribution in [0.4, 0.5) is 0 Å². The van der Waals surface area contributed by atoms with Gasteiger partial charge < -0.3 is 9.59 Å². The van der Waals surface area contributed by atoms with E-state index in [1.807, 2.05) is 60.7 Å². The summed E-state index contributed by atoms with van der Waals surface area (Å²) >= 11 is 0. The van der Waals surface area contributed by atoms with Crippen LogP contribution >= 0.6 is 0 Å². The first-order valence-corrected chi connectivity index (χ1v) is 7.99. The summed E-state index contributed by atoms with van der Waals surface area (Å²) in [6.45, 7) is 0. The zero-order valence-corrected chi connectivity index (χ0v) is 10.6. The van der Waals surface area contributed by atoms with Crippen LogP contribution in [-0.2, 0) is 12.1 Å². The Hall–Kier alpha value is -1.42. The maximum absolute atomic E-state index is 10.1. The highest BCUT2D eigenvalue weighted by atomic mass is 28.4. The minimum absolute atomic E-state index is 0.378. The smallest absolute Gasteiger partial charge is 0.341 e. The fourth-order valence-corrected chi connectivity index (χ4v) is 3.81. The predicted molar refractivity (Wildman–Crippen MR) is 70.5 cm³/mol. The van der Waals surface area contributed by atoms with E-state index in [0.29, 0.717) is 12.1 Å². The normalized spacial score (nSPS) is 11.4. The molecule has 0 saturated heterocycles. The van der Waals surface area contributed by atoms with Crippen LogP contribution in [0, 0.1) is 0 Å². The van der Waals surface area contributed by atoms with Crippen molar-refractivity contribution in [1.82, 2.24) is 0 Å². The van der Waals surface area contributed by atoms with Crippen molar-refractivity contribution >= 4 is 8.56 Å². The Balaban J connectivity index is 2.04. The standard InChI is InChI=1S/C14H16O2Si/c15-17(16,11-13-7-3-1-4-8-13)12-14-9-5-2-6-10-14/h1-10,15-16H,11-12H2. The van der Waals surface area contributed by atoms with Crippen molar-refractivity contribution in [3.8, 4) is 0 Å². The third-order valence-electron chi connectivity index (χ3n) is 2.66. The van der Waals surface area contributed by atoms with Crippen LogP contribution in [0.3, 0.4) is 0 Å². The van der Waals surface area contributed by atoms with Crippen molar-refractivity contribution in [3.63, 3.8) is 0 Å². The van der Waals surface area contributed by atoms with E-state index < -0.39 is 8.56 Å². The molecule has 17 heavy (non-hydrogen) atoms. The molecule has 0 heterocycles. The second kappa shape index (κ2) is 5.27. The van der Waals surface area contributed by atoms with E-state index in [1.54, 1.807) is 0 Å². The molecule has 0 unspecified atom stereocenters. The van der Waals surface area contributed by atoms with E-state index in [2.05, 4.69) is 0 Å². The lowest BCUT2D eigenvalue weighted by Crippen LogP contribution is -2.41. The second-order valence-corrected chi connectivity index (χ2v) is 6.98. The molecular formula is C14H16O2Si. The molecule has 2 N–H and O–H groups in total. The third kappa shape index (κ3) is 3.82. The summed E-state index contributed by atoms with van der Waals surface area (Å²) in [5.74, 6) is 0. The quantitative estimate of drug-likeness (QED) is 0.807. The SMILES string of the molecule is O[Si](O)(Cc1ccccc1)Cc1ccccc1. The highest BCUT2D eigenvalue weighted by Crippen LogP contribution is 2.12. The fraction of sp³-hybridized carbons (Fsp3) is 0.143. The molecule has 88 valence electrons. The van der Waals surface area contributed by atoms with Gasteiger partial charge in [0.15, 0.2) is 0 Å². The monoisotopic (exact) mass is 244 g/mol. The lowest BCUT2D eigenvalue weighted by Gasteiger charge is -2.18. The van der Waals surface area contributed by atoms with Crippen molar-refractivity contribution in [2.24, 2.45) is 0 Å². The zero-order chi connectivity index (χ0) is 12.1. The molecule has 0 aliphatic carbocycles. The third-order valence-corrected chi connectivity index (χ3v) is 4.61. The first-order chi connectivity index (χ1) is 8.16. The van der Waals surface area contributed by atoms with Crippen LogP contribution in [0.2, 0.25) is 0 Å². The number of hydrogen-bond acceptors (Lipinski definition) is 2. The average Bonchev–Trinajstić information content (AvgIpc) is 2.30. The summed E-state index contributed by atoms with van der Waals surface area (Å²) in [5, 5.41) is 0. The second-order valence-electron chi connectivity index (χ2n) is 4.31. The molecule has 0 saturated carbocycles. The topological polar surface area (TPSA) is 40.5 Å². The molecule has 0 spiro atoms. The molecular weight excluding hydrogens is 228 g/mol. The van der Waals surface area contributed by atoms with Crippen LogP contribution in [0.1, 0.15) is 11.1 Å². The van der Waals surface area contributed by atoms with E-state index in [0.717, 1.165) is 11.1 Å². The average molecular weight is 244 g/mol. The molecule has 2 nitrogen and oxygen atoms in total. The Labute approximate surface area is 102 Å². The molecule has 0 aliphatic heterocycles.